The summed E-state index contributed by atoms with van der Waals surface area (Å²) in [7, 11) is 0. The number of allylic oxidation sites excluding steroid dienone is 2. The summed E-state index contributed by atoms with van der Waals surface area (Å²) >= 11 is 0. The van der Waals surface area contributed by atoms with Gasteiger partial charge in [0.2, 0.25) is 11.4 Å². The number of hydrogen-bond acceptors (Lipinski definition) is 0. The second kappa shape index (κ2) is 57.0. The van der Waals surface area contributed by atoms with E-state index in [9.17, 15) is 5.53 Å². The molecular weight excluding hydrogens is 1020 g/mol. The van der Waals surface area contributed by atoms with Gasteiger partial charge in [-0.3, -0.25) is 0 Å². The Bertz CT molecular complexity index is 1670. The summed E-state index contributed by atoms with van der Waals surface area (Å²) in [6.45, 7) is 21.2. The molecule has 3 rings (SSSR count). The van der Waals surface area contributed by atoms with E-state index in [0.717, 1.165) is 72.2 Å². The Morgan fingerprint density at radius 3 is 1.12 bits per heavy atom. The van der Waals surface area contributed by atoms with Crippen LogP contribution in [0.5, 0.6) is 0 Å². The van der Waals surface area contributed by atoms with E-state index >= 15 is 0 Å². The van der Waals surface area contributed by atoms with Crippen molar-refractivity contribution in [3.8, 4) is 11.8 Å². The van der Waals surface area contributed by atoms with Crippen LogP contribution in [-0.4, -0.2) is 4.70 Å². The Morgan fingerprint density at radius 2 is 0.727 bits per heavy atom. The Labute approximate surface area is 496 Å². The topological polar surface area (TPSA) is 25.3 Å². The van der Waals surface area contributed by atoms with E-state index in [1.54, 1.807) is 0 Å². The molecule has 0 saturated carbocycles. The van der Waals surface area contributed by atoms with E-state index in [4.69, 9.17) is 0 Å². The molecule has 3 heteroatoms. The molecule has 0 amide bonds. The standard InChI is InChI=1S/C38H52N2.2C18H37.Pd/c1-5-8-11-13-14-15-16-17-19-25-36-31(4)37(34-28-26-32(27-29-34)21-10-7-3)40(39)38(36)35-24-20-23-33(30-35)22-18-12-9-6-2;2*1-3-5-7-9-11-13-15-17-18-16-14-12-10-8-6-4-2;/h20,23-24,26-30H,5-18,21-22H2,1-4H3;2*1,3-18H2,2H3;/q;2*-1;+2. The first-order chi connectivity index (χ1) is 37.4. The van der Waals surface area contributed by atoms with Gasteiger partial charge < -0.3 is 19.4 Å². The molecule has 0 aromatic heterocycles. The molecule has 442 valence electrons. The molecule has 0 N–H and O–H groups in total. The third-order valence-corrected chi connectivity index (χ3v) is 15.8. The second-order valence-corrected chi connectivity index (χ2v) is 23.1. The zero-order chi connectivity index (χ0) is 55.2. The predicted octanol–water partition coefficient (Wildman–Crippen LogP) is 25.6. The van der Waals surface area contributed by atoms with Gasteiger partial charge in [0.1, 0.15) is 5.57 Å². The normalized spacial score (nSPS) is 12.0. The molecule has 1 aliphatic rings. The number of aryl methyl sites for hydroxylation is 2. The molecule has 0 fully saturated rings. The molecule has 0 radical (unpaired) electrons. The van der Waals surface area contributed by atoms with Crippen molar-refractivity contribution in [2.75, 3.05) is 0 Å². The summed E-state index contributed by atoms with van der Waals surface area (Å²) < 4.78 is 1.41. The van der Waals surface area contributed by atoms with Gasteiger partial charge in [0, 0.05) is 23.1 Å². The molecule has 0 aliphatic carbocycles. The average molecular weight is 1150 g/mol. The molecular formula is C74H126N2Pd. The van der Waals surface area contributed by atoms with Crippen LogP contribution in [0, 0.1) is 25.7 Å². The summed E-state index contributed by atoms with van der Waals surface area (Å²) in [6.07, 6.45) is 65.2. The molecule has 1 heterocycles. The molecule has 2 aromatic rings. The first-order valence-corrected chi connectivity index (χ1v) is 33.6. The van der Waals surface area contributed by atoms with Crippen LogP contribution >= 0.6 is 0 Å². The minimum atomic E-state index is 0. The zero-order valence-electron chi connectivity index (χ0n) is 52.2. The summed E-state index contributed by atoms with van der Waals surface area (Å²) in [6, 6.07) is 17.5. The van der Waals surface area contributed by atoms with Crippen LogP contribution in [0.3, 0.4) is 0 Å². The first kappa shape index (κ1) is 74.7. The summed E-state index contributed by atoms with van der Waals surface area (Å²) in [4.78, 5) is 0. The van der Waals surface area contributed by atoms with Crippen molar-refractivity contribution in [1.82, 2.24) is 0 Å². The fourth-order valence-corrected chi connectivity index (χ4v) is 10.7. The van der Waals surface area contributed by atoms with Gasteiger partial charge in [-0.1, -0.05) is 328 Å². The van der Waals surface area contributed by atoms with Crippen molar-refractivity contribution >= 4 is 11.4 Å². The van der Waals surface area contributed by atoms with Crippen LogP contribution < -0.4 is 0 Å². The van der Waals surface area contributed by atoms with Gasteiger partial charge in [-0.25, -0.2) is 4.70 Å². The molecule has 0 atom stereocenters. The van der Waals surface area contributed by atoms with E-state index in [-0.39, 0.29) is 20.4 Å². The molecule has 0 saturated heterocycles. The molecule has 2 nitrogen and oxygen atoms in total. The Kier molecular flexibility index (Phi) is 55.3. The van der Waals surface area contributed by atoms with Crippen molar-refractivity contribution in [2.24, 2.45) is 0 Å². The maximum absolute atomic E-state index is 11.6. The fraction of sp³-hybridized carbons (Fsp3) is 0.730. The quantitative estimate of drug-likeness (QED) is 0.0208. The van der Waals surface area contributed by atoms with E-state index < -0.39 is 0 Å². The number of nitrogens with zero attached hydrogens (tertiary/aromatic N) is 2. The summed E-state index contributed by atoms with van der Waals surface area (Å²) in [5.41, 5.74) is 20.1. The monoisotopic (exact) mass is 1150 g/mol. The van der Waals surface area contributed by atoms with Gasteiger partial charge in [0.25, 0.3) is 0 Å². The zero-order valence-corrected chi connectivity index (χ0v) is 53.7. The van der Waals surface area contributed by atoms with Crippen molar-refractivity contribution in [3.05, 3.63) is 101 Å². The Morgan fingerprint density at radius 1 is 0.377 bits per heavy atom. The van der Waals surface area contributed by atoms with Crippen molar-refractivity contribution in [2.45, 2.75) is 350 Å². The van der Waals surface area contributed by atoms with E-state index in [0.29, 0.717) is 0 Å². The maximum atomic E-state index is 11.6. The minimum absolute atomic E-state index is 0. The smallest absolute Gasteiger partial charge is 0.493 e. The fourth-order valence-electron chi connectivity index (χ4n) is 10.7. The molecule has 77 heavy (non-hydrogen) atoms. The van der Waals surface area contributed by atoms with Crippen molar-refractivity contribution in [1.29, 1.82) is 0 Å². The third kappa shape index (κ3) is 40.6. The number of hydrogen-bond donors (Lipinski definition) is 0. The molecule has 1 aliphatic heterocycles. The Hall–Kier alpha value is -2.26. The summed E-state index contributed by atoms with van der Waals surface area (Å²) in [5, 5.41) is 0. The van der Waals surface area contributed by atoms with Gasteiger partial charge >= 0.3 is 20.4 Å². The minimum Gasteiger partial charge on any atom is -0.493 e. The second-order valence-electron chi connectivity index (χ2n) is 23.1. The Balaban J connectivity index is 0.00000130. The molecule has 2 aromatic carbocycles. The van der Waals surface area contributed by atoms with Crippen molar-refractivity contribution < 1.29 is 25.1 Å². The van der Waals surface area contributed by atoms with Crippen LogP contribution in [0.15, 0.2) is 59.7 Å². The van der Waals surface area contributed by atoms with Crippen LogP contribution in [0.4, 0.5) is 0 Å². The SMILES string of the molecule is CCCCCCCCCC#CC1=C(c2cccc(CCCCCC)c2)[N+](=[N-])C(c2ccc(CCCC)cc2)=C1C.[CH2-]CCCCCCCCCCCCCCCCC.[CH2-]CCCCCCCCCCCCCCCCC.[Pd+2]. The average Bonchev–Trinajstić information content (AvgIpc) is 3.69. The van der Waals surface area contributed by atoms with Crippen LogP contribution in [0.2, 0.25) is 0 Å². The van der Waals surface area contributed by atoms with E-state index in [2.05, 4.69) is 116 Å². The van der Waals surface area contributed by atoms with Gasteiger partial charge in [-0.05, 0) is 74.4 Å². The van der Waals surface area contributed by atoms with Crippen LogP contribution in [-0.2, 0) is 33.3 Å². The predicted molar refractivity (Wildman–Crippen MR) is 343 cm³/mol. The van der Waals surface area contributed by atoms with Gasteiger partial charge in [0.15, 0.2) is 0 Å². The van der Waals surface area contributed by atoms with Gasteiger partial charge in [-0.2, -0.15) is 12.8 Å². The third-order valence-electron chi connectivity index (χ3n) is 15.8. The molecule has 0 bridgehead atoms. The number of benzene rings is 2. The van der Waals surface area contributed by atoms with Crippen molar-refractivity contribution in [3.63, 3.8) is 0 Å². The largest absolute Gasteiger partial charge is 2.00 e. The van der Waals surface area contributed by atoms with Crippen LogP contribution in [0.25, 0.3) is 16.9 Å². The number of unbranched alkanes of at least 4 members (excludes halogenated alkanes) is 41. The first-order valence-electron chi connectivity index (χ1n) is 33.6. The summed E-state index contributed by atoms with van der Waals surface area (Å²) in [5.74, 6) is 6.98. The van der Waals surface area contributed by atoms with Gasteiger partial charge in [0.05, 0.1) is 0 Å². The molecule has 0 unspecified atom stereocenters. The van der Waals surface area contributed by atoms with E-state index in [1.807, 2.05) is 0 Å². The van der Waals surface area contributed by atoms with E-state index in [1.165, 1.54) is 285 Å². The van der Waals surface area contributed by atoms with Gasteiger partial charge in [-0.15, -0.1) is 0 Å². The molecule has 0 spiro atoms. The number of rotatable bonds is 47. The maximum Gasteiger partial charge on any atom is 2.00 e. The van der Waals surface area contributed by atoms with Crippen LogP contribution in [0.1, 0.15) is 359 Å².